The van der Waals surface area contributed by atoms with Gasteiger partial charge in [-0.3, -0.25) is 9.69 Å². The van der Waals surface area contributed by atoms with Crippen LogP contribution in [0.4, 0.5) is 0 Å². The highest BCUT2D eigenvalue weighted by Crippen LogP contribution is 2.40. The van der Waals surface area contributed by atoms with E-state index in [1.165, 1.54) is 16.5 Å². The molecule has 0 spiro atoms. The summed E-state index contributed by atoms with van der Waals surface area (Å²) in [4.78, 5) is 18.3. The molecule has 132 valence electrons. The Morgan fingerprint density at radius 2 is 2.16 bits per heavy atom. The van der Waals surface area contributed by atoms with Gasteiger partial charge in [-0.15, -0.1) is 0 Å². The van der Waals surface area contributed by atoms with Crippen molar-refractivity contribution >= 4 is 16.9 Å². The van der Waals surface area contributed by atoms with E-state index in [9.17, 15) is 4.79 Å². The molecule has 2 heterocycles. The molecule has 1 aliphatic carbocycles. The van der Waals surface area contributed by atoms with Crippen molar-refractivity contribution in [1.82, 2.24) is 9.88 Å². The van der Waals surface area contributed by atoms with Crippen molar-refractivity contribution in [1.29, 1.82) is 0 Å². The minimum absolute atomic E-state index is 0.0111. The molecule has 4 heteroatoms. The minimum Gasteiger partial charge on any atom is -0.466 e. The van der Waals surface area contributed by atoms with Crippen LogP contribution in [-0.4, -0.2) is 35.5 Å². The molecule has 2 aliphatic rings. The van der Waals surface area contributed by atoms with Gasteiger partial charge in [-0.05, 0) is 42.4 Å². The van der Waals surface area contributed by atoms with Crippen molar-refractivity contribution in [2.45, 2.75) is 20.4 Å². The average Bonchev–Trinajstić information content (AvgIpc) is 3.21. The summed E-state index contributed by atoms with van der Waals surface area (Å²) in [6.45, 7) is 7.39. The van der Waals surface area contributed by atoms with Crippen molar-refractivity contribution in [2.75, 3.05) is 19.7 Å². The van der Waals surface area contributed by atoms with Crippen LogP contribution in [0.5, 0.6) is 0 Å². The number of carbonyl (C=O) groups is 1. The van der Waals surface area contributed by atoms with Gasteiger partial charge in [0.25, 0.3) is 0 Å². The van der Waals surface area contributed by atoms with Crippen LogP contribution in [0.1, 0.15) is 19.4 Å². The van der Waals surface area contributed by atoms with Crippen molar-refractivity contribution < 1.29 is 9.53 Å². The number of nitrogens with one attached hydrogen (secondary N) is 1. The third kappa shape index (κ3) is 2.99. The summed E-state index contributed by atoms with van der Waals surface area (Å²) in [6, 6.07) is 8.58. The van der Waals surface area contributed by atoms with Crippen LogP contribution < -0.4 is 0 Å². The fourth-order valence-electron chi connectivity index (χ4n) is 4.64. The Kier molecular flexibility index (Phi) is 4.38. The second-order valence-corrected chi connectivity index (χ2v) is 7.40. The number of fused-ring (bicyclic) bond motifs is 2. The maximum absolute atomic E-state index is 12.5. The first-order valence-electron chi connectivity index (χ1n) is 9.29. The van der Waals surface area contributed by atoms with Gasteiger partial charge in [0.15, 0.2) is 0 Å². The second kappa shape index (κ2) is 6.68. The molecule has 1 fully saturated rings. The van der Waals surface area contributed by atoms with E-state index >= 15 is 0 Å². The number of ether oxygens (including phenoxy) is 1. The van der Waals surface area contributed by atoms with E-state index in [0.29, 0.717) is 18.4 Å². The number of H-pyrrole nitrogens is 1. The molecule has 0 amide bonds. The highest BCUT2D eigenvalue weighted by Gasteiger charge is 2.44. The van der Waals surface area contributed by atoms with Gasteiger partial charge in [-0.2, -0.15) is 0 Å². The molecular formula is C21H26N2O2. The highest BCUT2D eigenvalue weighted by molar-refractivity contribution is 5.82. The number of aromatic nitrogens is 1. The van der Waals surface area contributed by atoms with Crippen molar-refractivity contribution in [2.24, 2.45) is 23.7 Å². The first kappa shape index (κ1) is 16.4. The number of carbonyl (C=O) groups excluding carboxylic acids is 1. The largest absolute Gasteiger partial charge is 0.466 e. The normalized spacial score (nSPS) is 29.0. The van der Waals surface area contributed by atoms with E-state index in [4.69, 9.17) is 4.74 Å². The van der Waals surface area contributed by atoms with E-state index in [2.05, 4.69) is 53.2 Å². The zero-order valence-corrected chi connectivity index (χ0v) is 14.9. The molecule has 2 aromatic rings. The number of aromatic amines is 1. The lowest BCUT2D eigenvalue weighted by Gasteiger charge is -2.32. The molecule has 4 atom stereocenters. The van der Waals surface area contributed by atoms with Gasteiger partial charge in [0.05, 0.1) is 12.5 Å². The van der Waals surface area contributed by atoms with Crippen LogP contribution in [0.2, 0.25) is 0 Å². The predicted molar refractivity (Wildman–Crippen MR) is 99.0 cm³/mol. The predicted octanol–water partition coefficient (Wildman–Crippen LogP) is 3.60. The number of nitrogens with zero attached hydrogens (tertiary/aromatic N) is 1. The van der Waals surface area contributed by atoms with Gasteiger partial charge < -0.3 is 9.72 Å². The van der Waals surface area contributed by atoms with Crippen molar-refractivity contribution in [3.8, 4) is 0 Å². The van der Waals surface area contributed by atoms with Crippen molar-refractivity contribution in [3.63, 3.8) is 0 Å². The fourth-order valence-corrected chi connectivity index (χ4v) is 4.64. The quantitative estimate of drug-likeness (QED) is 0.684. The Balaban J connectivity index is 1.53. The lowest BCUT2D eigenvalue weighted by atomic mass is 9.72. The van der Waals surface area contributed by atoms with E-state index in [0.717, 1.165) is 19.6 Å². The SMILES string of the molecule is CCOC(=O)[C@H]1[C@@H]2CN(Cc3cccc4[nH]ccc34)C[C@@H]2C=C[C@@H]1C. The van der Waals surface area contributed by atoms with Crippen LogP contribution >= 0.6 is 0 Å². The summed E-state index contributed by atoms with van der Waals surface area (Å²) < 4.78 is 5.37. The van der Waals surface area contributed by atoms with Crippen LogP contribution in [0.3, 0.4) is 0 Å². The minimum atomic E-state index is -0.0241. The van der Waals surface area contributed by atoms with E-state index in [1.807, 2.05) is 13.1 Å². The number of likely N-dealkylation sites (tertiary alicyclic amines) is 1. The van der Waals surface area contributed by atoms with Gasteiger partial charge >= 0.3 is 5.97 Å². The Morgan fingerprint density at radius 1 is 1.28 bits per heavy atom. The Morgan fingerprint density at radius 3 is 3.00 bits per heavy atom. The lowest BCUT2D eigenvalue weighted by molar-refractivity contribution is -0.152. The number of hydrogen-bond acceptors (Lipinski definition) is 3. The van der Waals surface area contributed by atoms with E-state index in [-0.39, 0.29) is 17.8 Å². The van der Waals surface area contributed by atoms with Crippen LogP contribution in [0.15, 0.2) is 42.6 Å². The Labute approximate surface area is 148 Å². The van der Waals surface area contributed by atoms with Crippen LogP contribution in [0, 0.1) is 23.7 Å². The smallest absolute Gasteiger partial charge is 0.309 e. The van der Waals surface area contributed by atoms with Gasteiger partial charge in [0.1, 0.15) is 0 Å². The summed E-state index contributed by atoms with van der Waals surface area (Å²) in [5.41, 5.74) is 2.54. The first-order chi connectivity index (χ1) is 12.2. The zero-order valence-electron chi connectivity index (χ0n) is 14.9. The Hall–Kier alpha value is -2.07. The van der Waals surface area contributed by atoms with E-state index < -0.39 is 0 Å². The summed E-state index contributed by atoms with van der Waals surface area (Å²) in [5.74, 6) is 1.04. The highest BCUT2D eigenvalue weighted by atomic mass is 16.5. The molecule has 4 rings (SSSR count). The molecule has 1 aromatic carbocycles. The number of allylic oxidation sites excluding steroid dienone is 1. The maximum Gasteiger partial charge on any atom is 0.309 e. The molecular weight excluding hydrogens is 312 g/mol. The third-order valence-electron chi connectivity index (χ3n) is 5.82. The van der Waals surface area contributed by atoms with Gasteiger partial charge in [-0.25, -0.2) is 0 Å². The zero-order chi connectivity index (χ0) is 17.4. The maximum atomic E-state index is 12.5. The molecule has 4 nitrogen and oxygen atoms in total. The lowest BCUT2D eigenvalue weighted by Crippen LogP contribution is -2.37. The summed E-state index contributed by atoms with van der Waals surface area (Å²) in [5, 5.41) is 1.29. The first-order valence-corrected chi connectivity index (χ1v) is 9.29. The number of esters is 1. The van der Waals surface area contributed by atoms with Crippen LogP contribution in [-0.2, 0) is 16.1 Å². The fraction of sp³-hybridized carbons (Fsp3) is 0.476. The summed E-state index contributed by atoms with van der Waals surface area (Å²) in [7, 11) is 0. The molecule has 25 heavy (non-hydrogen) atoms. The van der Waals surface area contributed by atoms with Gasteiger partial charge in [-0.1, -0.05) is 31.2 Å². The molecule has 1 aromatic heterocycles. The number of benzene rings is 1. The van der Waals surface area contributed by atoms with Gasteiger partial charge in [0, 0.05) is 36.7 Å². The topological polar surface area (TPSA) is 45.3 Å². The Bertz CT molecular complexity index is 794. The molecule has 1 saturated heterocycles. The number of rotatable bonds is 4. The monoisotopic (exact) mass is 338 g/mol. The molecule has 0 saturated carbocycles. The molecule has 1 N–H and O–H groups in total. The van der Waals surface area contributed by atoms with E-state index in [1.54, 1.807) is 0 Å². The summed E-state index contributed by atoms with van der Waals surface area (Å²) in [6.07, 6.45) is 6.53. The standard InChI is InChI=1S/C21H26N2O2/c1-3-25-21(24)20-14(2)7-8-16-12-23(13-18(16)20)11-15-5-4-6-19-17(15)9-10-22-19/h4-10,14,16,18,20,22H,3,11-13H2,1-2H3/t14-,16-,18+,20+/m0/s1. The average molecular weight is 338 g/mol. The van der Waals surface area contributed by atoms with Crippen molar-refractivity contribution in [3.05, 3.63) is 48.2 Å². The molecule has 1 aliphatic heterocycles. The van der Waals surface area contributed by atoms with Gasteiger partial charge in [0.2, 0.25) is 0 Å². The van der Waals surface area contributed by atoms with Crippen LogP contribution in [0.25, 0.3) is 10.9 Å². The second-order valence-electron chi connectivity index (χ2n) is 7.40. The molecule has 0 unspecified atom stereocenters. The molecule has 0 bridgehead atoms. The summed E-state index contributed by atoms with van der Waals surface area (Å²) >= 11 is 0. The number of hydrogen-bond donors (Lipinski definition) is 1. The third-order valence-corrected chi connectivity index (χ3v) is 5.82. The molecule has 0 radical (unpaired) electrons.